The zero-order valence-corrected chi connectivity index (χ0v) is 15.1. The maximum absolute atomic E-state index is 2.42. The molecule has 0 fully saturated rings. The first-order valence-corrected chi connectivity index (χ1v) is 9.31. The van der Waals surface area contributed by atoms with Crippen molar-refractivity contribution in [3.05, 3.63) is 96.6 Å². The number of rotatable bonds is 1. The Bertz CT molecular complexity index is 1330. The van der Waals surface area contributed by atoms with E-state index in [2.05, 4.69) is 107 Å². The number of hydrogen-bond donors (Lipinski definition) is 0. The van der Waals surface area contributed by atoms with Crippen molar-refractivity contribution in [2.24, 2.45) is 0 Å². The molecule has 2 nitrogen and oxygen atoms in total. The van der Waals surface area contributed by atoms with Gasteiger partial charge in [-0.05, 0) is 55.0 Å². The number of anilines is 3. The topological polar surface area (TPSA) is 8.17 Å². The molecular formula is C25H18N2. The van der Waals surface area contributed by atoms with Crippen molar-refractivity contribution in [3.63, 3.8) is 0 Å². The number of para-hydroxylation sites is 4. The Morgan fingerprint density at radius 2 is 1.30 bits per heavy atom. The van der Waals surface area contributed by atoms with Crippen LogP contribution in [0.4, 0.5) is 17.1 Å². The largest absolute Gasteiger partial charge is 0.306 e. The first-order valence-electron chi connectivity index (χ1n) is 9.31. The molecule has 1 aliphatic heterocycles. The van der Waals surface area contributed by atoms with Gasteiger partial charge in [-0.25, -0.2) is 0 Å². The van der Waals surface area contributed by atoms with Gasteiger partial charge < -0.3 is 9.47 Å². The van der Waals surface area contributed by atoms with E-state index >= 15 is 0 Å². The molecule has 0 radical (unpaired) electrons. The second kappa shape index (κ2) is 5.24. The summed E-state index contributed by atoms with van der Waals surface area (Å²) in [4.78, 5) is 2.39. The third-order valence-electron chi connectivity index (χ3n) is 5.51. The summed E-state index contributed by atoms with van der Waals surface area (Å²) in [6, 6.07) is 32.7. The maximum atomic E-state index is 2.42. The Morgan fingerprint density at radius 1 is 0.593 bits per heavy atom. The van der Waals surface area contributed by atoms with Crippen LogP contribution >= 0.6 is 0 Å². The third-order valence-corrected chi connectivity index (χ3v) is 5.51. The van der Waals surface area contributed by atoms with Gasteiger partial charge in [-0.3, -0.25) is 0 Å². The maximum Gasteiger partial charge on any atom is 0.0783 e. The molecule has 0 saturated heterocycles. The summed E-state index contributed by atoms with van der Waals surface area (Å²) >= 11 is 0. The van der Waals surface area contributed by atoms with Gasteiger partial charge in [-0.15, -0.1) is 0 Å². The Morgan fingerprint density at radius 3 is 2.15 bits per heavy atom. The van der Waals surface area contributed by atoms with Crippen molar-refractivity contribution in [2.45, 2.75) is 6.92 Å². The van der Waals surface area contributed by atoms with Gasteiger partial charge in [0, 0.05) is 16.5 Å². The van der Waals surface area contributed by atoms with E-state index in [0.29, 0.717) is 0 Å². The van der Waals surface area contributed by atoms with E-state index in [1.807, 2.05) is 0 Å². The van der Waals surface area contributed by atoms with Gasteiger partial charge in [-0.2, -0.15) is 0 Å². The lowest BCUT2D eigenvalue weighted by Crippen LogP contribution is -2.18. The summed E-state index contributed by atoms with van der Waals surface area (Å²) in [6.07, 6.45) is 0. The van der Waals surface area contributed by atoms with E-state index in [-0.39, 0.29) is 0 Å². The van der Waals surface area contributed by atoms with Gasteiger partial charge in [0.15, 0.2) is 0 Å². The molecule has 0 spiro atoms. The number of nitrogens with zero attached hydrogens (tertiary/aromatic N) is 2. The van der Waals surface area contributed by atoms with Crippen molar-refractivity contribution in [3.8, 4) is 5.69 Å². The molecule has 0 amide bonds. The molecule has 128 valence electrons. The van der Waals surface area contributed by atoms with Gasteiger partial charge in [0.25, 0.3) is 0 Å². The van der Waals surface area contributed by atoms with Crippen LogP contribution < -0.4 is 4.90 Å². The summed E-state index contributed by atoms with van der Waals surface area (Å²) in [7, 11) is 0. The monoisotopic (exact) mass is 346 g/mol. The summed E-state index contributed by atoms with van der Waals surface area (Å²) in [5, 5.41) is 2.62. The first kappa shape index (κ1) is 14.6. The van der Waals surface area contributed by atoms with Gasteiger partial charge in [0.05, 0.1) is 28.1 Å². The van der Waals surface area contributed by atoms with E-state index in [1.54, 1.807) is 0 Å². The lowest BCUT2D eigenvalue weighted by Gasteiger charge is -2.33. The minimum absolute atomic E-state index is 1.19. The highest BCUT2D eigenvalue weighted by Crippen LogP contribution is 2.49. The fourth-order valence-electron chi connectivity index (χ4n) is 4.46. The molecule has 0 atom stereocenters. The van der Waals surface area contributed by atoms with Gasteiger partial charge in [0.2, 0.25) is 0 Å². The highest BCUT2D eigenvalue weighted by Gasteiger charge is 2.28. The second-order valence-electron chi connectivity index (χ2n) is 7.19. The van der Waals surface area contributed by atoms with E-state index < -0.39 is 0 Å². The zero-order valence-electron chi connectivity index (χ0n) is 15.1. The van der Waals surface area contributed by atoms with E-state index in [9.17, 15) is 0 Å². The predicted molar refractivity (Wildman–Crippen MR) is 114 cm³/mol. The molecular weight excluding hydrogens is 328 g/mol. The number of hydrogen-bond acceptors (Lipinski definition) is 1. The fourth-order valence-corrected chi connectivity index (χ4v) is 4.46. The molecule has 1 aromatic heterocycles. The Hall–Kier alpha value is -3.52. The molecule has 27 heavy (non-hydrogen) atoms. The number of fused-ring (bicyclic) bond motifs is 5. The zero-order chi connectivity index (χ0) is 18.0. The van der Waals surface area contributed by atoms with E-state index in [4.69, 9.17) is 0 Å². The number of aromatic nitrogens is 1. The second-order valence-corrected chi connectivity index (χ2v) is 7.19. The lowest BCUT2D eigenvalue weighted by atomic mass is 10.0. The van der Waals surface area contributed by atoms with Crippen LogP contribution in [0.15, 0.2) is 91.0 Å². The molecule has 2 heteroatoms. The molecule has 4 aromatic carbocycles. The average Bonchev–Trinajstić information content (AvgIpc) is 3.04. The molecule has 0 N–H and O–H groups in total. The van der Waals surface area contributed by atoms with Crippen molar-refractivity contribution in [2.75, 3.05) is 4.90 Å². The molecule has 5 aromatic rings. The molecule has 2 heterocycles. The average molecular weight is 346 g/mol. The van der Waals surface area contributed by atoms with E-state index in [0.717, 1.165) is 0 Å². The molecule has 6 rings (SSSR count). The normalized spacial score (nSPS) is 12.6. The summed E-state index contributed by atoms with van der Waals surface area (Å²) in [6.45, 7) is 2.19. The standard InChI is InChI=1S/C25H18N2/c1-17-15-20-19-11-5-6-12-21(19)27-23-14-8-7-13-22(23)26(24(16-17)25(20)27)18-9-3-2-4-10-18/h2-16H,1H3. The molecule has 0 saturated carbocycles. The minimum atomic E-state index is 1.19. The van der Waals surface area contributed by atoms with Gasteiger partial charge >= 0.3 is 0 Å². The van der Waals surface area contributed by atoms with E-state index in [1.165, 1.54) is 50.1 Å². The third kappa shape index (κ3) is 1.90. The van der Waals surface area contributed by atoms with Crippen LogP contribution in [0.1, 0.15) is 5.56 Å². The first-order chi connectivity index (χ1) is 13.3. The van der Waals surface area contributed by atoms with Crippen molar-refractivity contribution in [1.82, 2.24) is 4.57 Å². The Kier molecular flexibility index (Phi) is 2.84. The number of aryl methyl sites for hydroxylation is 1. The Labute approximate surface area is 157 Å². The molecule has 0 bridgehead atoms. The van der Waals surface area contributed by atoms with Crippen molar-refractivity contribution in [1.29, 1.82) is 0 Å². The molecule has 1 aliphatic rings. The Balaban J connectivity index is 1.87. The molecule has 0 unspecified atom stereocenters. The van der Waals surface area contributed by atoms with Crippen LogP contribution in [0, 0.1) is 6.92 Å². The molecule has 0 aliphatic carbocycles. The smallest absolute Gasteiger partial charge is 0.0783 e. The summed E-state index contributed by atoms with van der Waals surface area (Å²) in [5.41, 5.74) is 8.69. The highest BCUT2D eigenvalue weighted by molar-refractivity contribution is 6.16. The highest BCUT2D eigenvalue weighted by atomic mass is 15.2. The van der Waals surface area contributed by atoms with Crippen LogP contribution in [0.5, 0.6) is 0 Å². The van der Waals surface area contributed by atoms with Gasteiger partial charge in [-0.1, -0.05) is 48.5 Å². The van der Waals surface area contributed by atoms with Crippen LogP contribution in [-0.4, -0.2) is 4.57 Å². The predicted octanol–water partition coefficient (Wildman–Crippen LogP) is 6.88. The number of benzene rings is 4. The van der Waals surface area contributed by atoms with Crippen LogP contribution in [0.25, 0.3) is 27.5 Å². The van der Waals surface area contributed by atoms with Crippen LogP contribution in [-0.2, 0) is 0 Å². The summed E-state index contributed by atoms with van der Waals surface area (Å²) < 4.78 is 2.42. The minimum Gasteiger partial charge on any atom is -0.306 e. The quantitative estimate of drug-likeness (QED) is 0.315. The SMILES string of the molecule is Cc1cc2c3c(c1)c1ccccc1n3-c1ccccc1N2c1ccccc1. The summed E-state index contributed by atoms with van der Waals surface area (Å²) in [5.74, 6) is 0. The van der Waals surface area contributed by atoms with Crippen molar-refractivity contribution < 1.29 is 0 Å². The van der Waals surface area contributed by atoms with Crippen molar-refractivity contribution >= 4 is 38.9 Å². The fraction of sp³-hybridized carbons (Fsp3) is 0.0400. The van der Waals surface area contributed by atoms with Gasteiger partial charge in [0.1, 0.15) is 0 Å². The van der Waals surface area contributed by atoms with Crippen LogP contribution in [0.3, 0.4) is 0 Å². The lowest BCUT2D eigenvalue weighted by molar-refractivity contribution is 1.11. The van der Waals surface area contributed by atoms with Crippen LogP contribution in [0.2, 0.25) is 0 Å².